The molecule has 3 aromatic rings. The van der Waals surface area contributed by atoms with Gasteiger partial charge in [-0.05, 0) is 60.2 Å². The van der Waals surface area contributed by atoms with Crippen molar-refractivity contribution in [3.63, 3.8) is 0 Å². The van der Waals surface area contributed by atoms with Crippen molar-refractivity contribution in [2.24, 2.45) is 0 Å². The molecule has 0 amide bonds. The average molecular weight is 496 g/mol. The minimum atomic E-state index is -0.0449. The number of hydrogen-bond donors (Lipinski definition) is 1. The molecule has 0 spiro atoms. The van der Waals surface area contributed by atoms with Gasteiger partial charge in [0.05, 0.1) is 31.9 Å². The van der Waals surface area contributed by atoms with Crippen molar-refractivity contribution in [2.45, 2.75) is 58.3 Å². The molecule has 0 bridgehead atoms. The Morgan fingerprint density at radius 3 is 2.86 bits per heavy atom. The quantitative estimate of drug-likeness (QED) is 0.457. The van der Waals surface area contributed by atoms with Crippen LogP contribution in [0, 0.1) is 6.92 Å². The van der Waals surface area contributed by atoms with Crippen LogP contribution in [0.25, 0.3) is 10.9 Å². The Morgan fingerprint density at radius 1 is 1.22 bits per heavy atom. The molecule has 0 aliphatic carbocycles. The molecule has 0 radical (unpaired) electrons. The van der Waals surface area contributed by atoms with Gasteiger partial charge in [-0.1, -0.05) is 18.6 Å². The Morgan fingerprint density at radius 2 is 2.08 bits per heavy atom. The summed E-state index contributed by atoms with van der Waals surface area (Å²) in [7, 11) is 0. The lowest BCUT2D eigenvalue weighted by Crippen LogP contribution is -2.43. The number of aryl methyl sites for hydroxylation is 1. The van der Waals surface area contributed by atoms with Gasteiger partial charge < -0.3 is 14.5 Å². The molecule has 1 aromatic carbocycles. The van der Waals surface area contributed by atoms with E-state index in [2.05, 4.69) is 50.2 Å². The van der Waals surface area contributed by atoms with Gasteiger partial charge in [-0.25, -0.2) is 4.68 Å². The molecule has 0 saturated carbocycles. The first-order chi connectivity index (χ1) is 17.6. The molecule has 1 N–H and O–H groups in total. The van der Waals surface area contributed by atoms with Crippen molar-refractivity contribution in [1.29, 1.82) is 0 Å². The third kappa shape index (κ3) is 5.83. The predicted molar refractivity (Wildman–Crippen MR) is 137 cm³/mol. The number of nitrogens with zero attached hydrogens (tertiary/aromatic N) is 6. The van der Waals surface area contributed by atoms with E-state index in [9.17, 15) is 4.79 Å². The Bertz CT molecular complexity index is 1200. The number of aromatic nitrogens is 5. The molecule has 2 aliphatic rings. The fourth-order valence-corrected chi connectivity index (χ4v) is 5.31. The van der Waals surface area contributed by atoms with Crippen molar-refractivity contribution >= 4 is 10.9 Å². The normalized spacial score (nSPS) is 19.9. The Labute approximate surface area is 211 Å². The molecule has 5 rings (SSSR count). The number of morpholine rings is 1. The second kappa shape index (κ2) is 11.6. The van der Waals surface area contributed by atoms with Gasteiger partial charge in [0, 0.05) is 50.4 Å². The zero-order valence-corrected chi connectivity index (χ0v) is 21.4. The second-order valence-electron chi connectivity index (χ2n) is 9.92. The van der Waals surface area contributed by atoms with Gasteiger partial charge in [0.25, 0.3) is 5.56 Å². The monoisotopic (exact) mass is 495 g/mol. The molecule has 10 nitrogen and oxygen atoms in total. The summed E-state index contributed by atoms with van der Waals surface area (Å²) >= 11 is 0. The first kappa shape index (κ1) is 25.0. The smallest absolute Gasteiger partial charge is 0.252 e. The van der Waals surface area contributed by atoms with Gasteiger partial charge in [0.15, 0.2) is 5.82 Å². The van der Waals surface area contributed by atoms with E-state index in [-0.39, 0.29) is 17.7 Å². The van der Waals surface area contributed by atoms with Crippen molar-refractivity contribution in [3.8, 4) is 0 Å². The molecular weight excluding hydrogens is 458 g/mol. The van der Waals surface area contributed by atoms with Crippen LogP contribution >= 0.6 is 0 Å². The van der Waals surface area contributed by atoms with Crippen molar-refractivity contribution in [3.05, 3.63) is 51.6 Å². The van der Waals surface area contributed by atoms with Gasteiger partial charge in [0.1, 0.15) is 0 Å². The maximum atomic E-state index is 13.1. The van der Waals surface area contributed by atoms with Crippen LogP contribution in [-0.4, -0.2) is 87.1 Å². The molecule has 2 aliphatic heterocycles. The predicted octanol–water partition coefficient (Wildman–Crippen LogP) is 2.29. The molecule has 2 atom stereocenters. The first-order valence-electron chi connectivity index (χ1n) is 13.1. The number of nitrogens with one attached hydrogen (secondary N) is 1. The number of pyridine rings is 1. The minimum Gasteiger partial charge on any atom is -0.379 e. The van der Waals surface area contributed by atoms with E-state index < -0.39 is 0 Å². The Kier molecular flexibility index (Phi) is 8.05. The zero-order chi connectivity index (χ0) is 24.9. The number of hydrogen-bond acceptors (Lipinski definition) is 8. The fourth-order valence-electron chi connectivity index (χ4n) is 5.31. The van der Waals surface area contributed by atoms with Crippen molar-refractivity contribution in [1.82, 2.24) is 35.0 Å². The van der Waals surface area contributed by atoms with Crippen LogP contribution in [0.4, 0.5) is 0 Å². The lowest BCUT2D eigenvalue weighted by molar-refractivity contribution is 0.0289. The fraction of sp³-hybridized carbons (Fsp3) is 0.615. The maximum absolute atomic E-state index is 13.1. The van der Waals surface area contributed by atoms with E-state index in [1.807, 2.05) is 22.9 Å². The number of fused-ring (bicyclic) bond motifs is 1. The Balaban J connectivity index is 1.42. The first-order valence-corrected chi connectivity index (χ1v) is 13.1. The van der Waals surface area contributed by atoms with Crippen LogP contribution in [0.2, 0.25) is 0 Å². The summed E-state index contributed by atoms with van der Waals surface area (Å²) in [5.74, 6) is 0.836. The van der Waals surface area contributed by atoms with Crippen LogP contribution in [0.5, 0.6) is 0 Å². The summed E-state index contributed by atoms with van der Waals surface area (Å²) < 4.78 is 13.3. The van der Waals surface area contributed by atoms with Gasteiger partial charge in [-0.15, -0.1) is 5.10 Å². The lowest BCUT2D eigenvalue weighted by atomic mass is 10.1. The largest absolute Gasteiger partial charge is 0.379 e. The van der Waals surface area contributed by atoms with Crippen LogP contribution in [0.15, 0.2) is 29.1 Å². The Hall–Kier alpha value is -2.66. The van der Waals surface area contributed by atoms with E-state index in [4.69, 9.17) is 9.47 Å². The molecule has 2 saturated heterocycles. The molecule has 2 fully saturated rings. The zero-order valence-electron chi connectivity index (χ0n) is 21.4. The standard InChI is InChI=1S/C26H37N7O3/c1-3-24(25-28-29-30-33(25)18-22-5-4-12-36-22)32(9-8-31-10-13-35-14-11-31)17-21-16-20-15-19(2)6-7-23(20)27-26(21)34/h6-7,15-16,22,24H,3-5,8-14,17-18H2,1-2H3,(H,27,34)/t22-,24-/m0/s1. The number of ether oxygens (including phenoxy) is 2. The highest BCUT2D eigenvalue weighted by Gasteiger charge is 2.28. The molecule has 10 heteroatoms. The SMILES string of the molecule is CC[C@@H](c1nnnn1C[C@@H]1CCCO1)N(CCN1CCOCC1)Cc1cc2cc(C)ccc2[nH]c1=O. The number of H-pyrrole nitrogens is 1. The topological polar surface area (TPSA) is 101 Å². The van der Waals surface area contributed by atoms with E-state index in [1.54, 1.807) is 0 Å². The summed E-state index contributed by atoms with van der Waals surface area (Å²) in [4.78, 5) is 20.9. The summed E-state index contributed by atoms with van der Waals surface area (Å²) in [6.07, 6.45) is 3.09. The van der Waals surface area contributed by atoms with E-state index in [0.717, 1.165) is 87.6 Å². The number of aromatic amines is 1. The number of tetrazole rings is 1. The molecule has 0 unspecified atom stereocenters. The summed E-state index contributed by atoms with van der Waals surface area (Å²) in [6.45, 7) is 11.3. The van der Waals surface area contributed by atoms with E-state index >= 15 is 0 Å². The van der Waals surface area contributed by atoms with Crippen LogP contribution in [-0.2, 0) is 22.6 Å². The molecule has 4 heterocycles. The summed E-state index contributed by atoms with van der Waals surface area (Å²) in [5.41, 5.74) is 2.74. The van der Waals surface area contributed by atoms with Crippen LogP contribution < -0.4 is 5.56 Å². The summed E-state index contributed by atoms with van der Waals surface area (Å²) in [6, 6.07) is 8.13. The van der Waals surface area contributed by atoms with E-state index in [1.165, 1.54) is 5.56 Å². The number of benzene rings is 1. The third-order valence-electron chi connectivity index (χ3n) is 7.34. The minimum absolute atomic E-state index is 0.0185. The number of rotatable bonds is 10. The molecular formula is C26H37N7O3. The second-order valence-corrected chi connectivity index (χ2v) is 9.92. The maximum Gasteiger partial charge on any atom is 0.252 e. The third-order valence-corrected chi connectivity index (χ3v) is 7.34. The van der Waals surface area contributed by atoms with Gasteiger partial charge >= 0.3 is 0 Å². The highest BCUT2D eigenvalue weighted by atomic mass is 16.5. The molecule has 36 heavy (non-hydrogen) atoms. The van der Waals surface area contributed by atoms with Gasteiger partial charge in [-0.2, -0.15) is 0 Å². The van der Waals surface area contributed by atoms with Crippen molar-refractivity contribution in [2.75, 3.05) is 46.0 Å². The highest BCUT2D eigenvalue weighted by molar-refractivity contribution is 5.79. The van der Waals surface area contributed by atoms with Crippen LogP contribution in [0.1, 0.15) is 49.2 Å². The lowest BCUT2D eigenvalue weighted by Gasteiger charge is -2.34. The molecule has 194 valence electrons. The van der Waals surface area contributed by atoms with Gasteiger partial charge in [0.2, 0.25) is 0 Å². The van der Waals surface area contributed by atoms with Gasteiger partial charge in [-0.3, -0.25) is 14.6 Å². The molecule has 2 aromatic heterocycles. The van der Waals surface area contributed by atoms with Crippen molar-refractivity contribution < 1.29 is 9.47 Å². The highest BCUT2D eigenvalue weighted by Crippen LogP contribution is 2.25. The average Bonchev–Trinajstić information content (AvgIpc) is 3.57. The van der Waals surface area contributed by atoms with Crippen LogP contribution in [0.3, 0.4) is 0 Å². The summed E-state index contributed by atoms with van der Waals surface area (Å²) in [5, 5.41) is 13.8. The van der Waals surface area contributed by atoms with E-state index in [0.29, 0.717) is 13.1 Å².